The van der Waals surface area contributed by atoms with Gasteiger partial charge in [0.1, 0.15) is 6.10 Å². The van der Waals surface area contributed by atoms with Crippen molar-refractivity contribution in [2.45, 2.75) is 18.4 Å². The van der Waals surface area contributed by atoms with Crippen molar-refractivity contribution in [1.29, 1.82) is 0 Å². The van der Waals surface area contributed by atoms with Gasteiger partial charge in [0.2, 0.25) is 0 Å². The summed E-state index contributed by atoms with van der Waals surface area (Å²) in [4.78, 5) is 11.4. The van der Waals surface area contributed by atoms with Crippen molar-refractivity contribution in [3.8, 4) is 0 Å². The topological polar surface area (TPSA) is 50.3 Å². The summed E-state index contributed by atoms with van der Waals surface area (Å²) in [7, 11) is 2.16. The molecule has 1 aromatic rings. The fraction of sp³-hybridized carbons (Fsp3) is 0.692. The normalized spacial score (nSPS) is 29.6. The number of nitrogens with zero attached hydrogens (tertiary/aromatic N) is 3. The molecule has 5 heteroatoms. The standard InChI is InChI=1S/C13H20N4O/c1-17-6-3-10(9-17)11-2-4-15-13(16-11)12-8-14-5-7-18-12/h2,4,10,12,14H,3,5-9H2,1H3. The Morgan fingerprint density at radius 2 is 2.44 bits per heavy atom. The summed E-state index contributed by atoms with van der Waals surface area (Å²) in [5.41, 5.74) is 1.17. The number of hydrogen-bond donors (Lipinski definition) is 1. The van der Waals surface area contributed by atoms with Crippen LogP contribution in [0.3, 0.4) is 0 Å². The molecule has 2 unspecified atom stereocenters. The molecule has 0 bridgehead atoms. The number of morpholine rings is 1. The highest BCUT2D eigenvalue weighted by Gasteiger charge is 2.24. The van der Waals surface area contributed by atoms with E-state index in [4.69, 9.17) is 9.72 Å². The molecule has 2 saturated heterocycles. The van der Waals surface area contributed by atoms with Crippen LogP contribution in [0.2, 0.25) is 0 Å². The van der Waals surface area contributed by atoms with Gasteiger partial charge in [-0.3, -0.25) is 0 Å². The molecule has 1 aromatic heterocycles. The zero-order valence-electron chi connectivity index (χ0n) is 10.8. The van der Waals surface area contributed by atoms with Gasteiger partial charge in [0, 0.05) is 37.4 Å². The van der Waals surface area contributed by atoms with Crippen molar-refractivity contribution in [1.82, 2.24) is 20.2 Å². The van der Waals surface area contributed by atoms with Crippen molar-refractivity contribution >= 4 is 0 Å². The Hall–Kier alpha value is -1.04. The largest absolute Gasteiger partial charge is 0.368 e. The monoisotopic (exact) mass is 248 g/mol. The van der Waals surface area contributed by atoms with Gasteiger partial charge < -0.3 is 15.0 Å². The lowest BCUT2D eigenvalue weighted by molar-refractivity contribution is 0.0219. The summed E-state index contributed by atoms with van der Waals surface area (Å²) < 4.78 is 5.70. The smallest absolute Gasteiger partial charge is 0.158 e. The number of aromatic nitrogens is 2. The number of rotatable bonds is 2. The molecular formula is C13H20N4O. The Morgan fingerprint density at radius 1 is 1.50 bits per heavy atom. The fourth-order valence-corrected chi connectivity index (χ4v) is 2.68. The van der Waals surface area contributed by atoms with Gasteiger partial charge >= 0.3 is 0 Å². The van der Waals surface area contributed by atoms with E-state index in [1.807, 2.05) is 12.3 Å². The third kappa shape index (κ3) is 2.53. The molecule has 2 aliphatic rings. The van der Waals surface area contributed by atoms with Crippen LogP contribution in [0.15, 0.2) is 12.3 Å². The minimum absolute atomic E-state index is 0.0119. The van der Waals surface area contributed by atoms with E-state index in [1.54, 1.807) is 0 Å². The molecule has 3 heterocycles. The van der Waals surface area contributed by atoms with Gasteiger partial charge in [-0.2, -0.15) is 0 Å². The van der Waals surface area contributed by atoms with Gasteiger partial charge in [0.05, 0.1) is 6.61 Å². The van der Waals surface area contributed by atoms with E-state index in [9.17, 15) is 0 Å². The van der Waals surface area contributed by atoms with E-state index >= 15 is 0 Å². The first-order valence-corrected chi connectivity index (χ1v) is 6.66. The van der Waals surface area contributed by atoms with Crippen molar-refractivity contribution in [3.63, 3.8) is 0 Å². The maximum absolute atomic E-state index is 5.70. The molecule has 3 rings (SSSR count). The summed E-state index contributed by atoms with van der Waals surface area (Å²) in [5, 5.41) is 3.32. The highest BCUT2D eigenvalue weighted by molar-refractivity contribution is 5.12. The molecule has 0 aromatic carbocycles. The lowest BCUT2D eigenvalue weighted by Gasteiger charge is -2.23. The van der Waals surface area contributed by atoms with Crippen molar-refractivity contribution in [2.24, 2.45) is 0 Å². The fourth-order valence-electron chi connectivity index (χ4n) is 2.68. The van der Waals surface area contributed by atoms with Gasteiger partial charge in [-0.05, 0) is 26.1 Å². The molecular weight excluding hydrogens is 228 g/mol. The molecule has 1 N–H and O–H groups in total. The lowest BCUT2D eigenvalue weighted by atomic mass is 10.0. The summed E-state index contributed by atoms with van der Waals surface area (Å²) in [6.07, 6.45) is 3.07. The van der Waals surface area contributed by atoms with Crippen LogP contribution in [0.4, 0.5) is 0 Å². The first-order chi connectivity index (χ1) is 8.83. The third-order valence-corrected chi connectivity index (χ3v) is 3.72. The Kier molecular flexibility index (Phi) is 3.54. The van der Waals surface area contributed by atoms with E-state index in [0.717, 1.165) is 38.6 Å². The van der Waals surface area contributed by atoms with Gasteiger partial charge in [0.25, 0.3) is 0 Å². The minimum atomic E-state index is 0.0119. The van der Waals surface area contributed by atoms with Gasteiger partial charge in [-0.25, -0.2) is 9.97 Å². The van der Waals surface area contributed by atoms with Gasteiger partial charge in [0.15, 0.2) is 5.82 Å². The van der Waals surface area contributed by atoms with Crippen molar-refractivity contribution < 1.29 is 4.74 Å². The Labute approximate surface area is 108 Å². The number of hydrogen-bond acceptors (Lipinski definition) is 5. The van der Waals surface area contributed by atoms with Gasteiger partial charge in [-0.15, -0.1) is 0 Å². The zero-order valence-corrected chi connectivity index (χ0v) is 10.8. The zero-order chi connectivity index (χ0) is 12.4. The summed E-state index contributed by atoms with van der Waals surface area (Å²) in [5.74, 6) is 1.38. The number of likely N-dealkylation sites (tertiary alicyclic amines) is 1. The summed E-state index contributed by atoms with van der Waals surface area (Å²) in [6, 6.07) is 2.05. The summed E-state index contributed by atoms with van der Waals surface area (Å²) >= 11 is 0. The molecule has 0 saturated carbocycles. The average Bonchev–Trinajstić information content (AvgIpc) is 2.87. The molecule has 2 atom stereocenters. The molecule has 0 aliphatic carbocycles. The molecule has 0 spiro atoms. The first kappa shape index (κ1) is 12.0. The molecule has 0 radical (unpaired) electrons. The molecule has 98 valence electrons. The third-order valence-electron chi connectivity index (χ3n) is 3.72. The first-order valence-electron chi connectivity index (χ1n) is 6.66. The van der Waals surface area contributed by atoms with Crippen molar-refractivity contribution in [2.75, 3.05) is 39.8 Å². The van der Waals surface area contributed by atoms with Gasteiger partial charge in [-0.1, -0.05) is 0 Å². The summed E-state index contributed by atoms with van der Waals surface area (Å²) in [6.45, 7) is 4.73. The molecule has 18 heavy (non-hydrogen) atoms. The molecule has 0 amide bonds. The van der Waals surface area contributed by atoms with E-state index in [0.29, 0.717) is 5.92 Å². The predicted molar refractivity (Wildman–Crippen MR) is 68.4 cm³/mol. The van der Waals surface area contributed by atoms with Crippen molar-refractivity contribution in [3.05, 3.63) is 23.8 Å². The molecule has 2 aliphatic heterocycles. The maximum atomic E-state index is 5.70. The Morgan fingerprint density at radius 3 is 3.17 bits per heavy atom. The highest BCUT2D eigenvalue weighted by Crippen LogP contribution is 2.25. The minimum Gasteiger partial charge on any atom is -0.368 e. The van der Waals surface area contributed by atoms with Crippen LogP contribution in [0.25, 0.3) is 0 Å². The second-order valence-electron chi connectivity index (χ2n) is 5.15. The van der Waals surface area contributed by atoms with E-state index in [1.165, 1.54) is 12.1 Å². The van der Waals surface area contributed by atoms with E-state index < -0.39 is 0 Å². The van der Waals surface area contributed by atoms with Crippen LogP contribution >= 0.6 is 0 Å². The average molecular weight is 248 g/mol. The quantitative estimate of drug-likeness (QED) is 0.828. The van der Waals surface area contributed by atoms with Crippen LogP contribution in [-0.4, -0.2) is 54.7 Å². The highest BCUT2D eigenvalue weighted by atomic mass is 16.5. The molecule has 2 fully saturated rings. The number of nitrogens with one attached hydrogen (secondary N) is 1. The van der Waals surface area contributed by atoms with Crippen LogP contribution in [0, 0.1) is 0 Å². The second-order valence-corrected chi connectivity index (χ2v) is 5.15. The molecule has 5 nitrogen and oxygen atoms in total. The SMILES string of the molecule is CN1CCC(c2ccnc(C3CNCCO3)n2)C1. The Bertz CT molecular complexity index is 386. The van der Waals surface area contributed by atoms with E-state index in [-0.39, 0.29) is 6.10 Å². The van der Waals surface area contributed by atoms with E-state index in [2.05, 4.69) is 22.2 Å². The number of ether oxygens (including phenoxy) is 1. The van der Waals surface area contributed by atoms with Crippen LogP contribution in [0.1, 0.15) is 30.0 Å². The maximum Gasteiger partial charge on any atom is 0.158 e. The number of likely N-dealkylation sites (N-methyl/N-ethyl adjacent to an activating group) is 1. The second kappa shape index (κ2) is 5.30. The Balaban J connectivity index is 1.76. The van der Waals surface area contributed by atoms with Crippen LogP contribution in [0.5, 0.6) is 0 Å². The predicted octanol–water partition coefficient (Wildman–Crippen LogP) is 0.557. The van der Waals surface area contributed by atoms with Crippen LogP contribution in [-0.2, 0) is 4.74 Å². The van der Waals surface area contributed by atoms with Crippen LogP contribution < -0.4 is 5.32 Å². The lowest BCUT2D eigenvalue weighted by Crippen LogP contribution is -2.34.